The Morgan fingerprint density at radius 3 is 2.41 bits per heavy atom. The van der Waals surface area contributed by atoms with E-state index in [4.69, 9.17) is 0 Å². The highest BCUT2D eigenvalue weighted by molar-refractivity contribution is 5.84. The van der Waals surface area contributed by atoms with Crippen LogP contribution in [0.1, 0.15) is 10.5 Å². The molecule has 0 fully saturated rings. The van der Waals surface area contributed by atoms with Crippen LogP contribution >= 0.6 is 0 Å². The molecule has 0 unspecified atom stereocenters. The van der Waals surface area contributed by atoms with Gasteiger partial charge in [0.25, 0.3) is 0 Å². The zero-order chi connectivity index (χ0) is 15.7. The molecular formula is C15H8F3N3O. The highest BCUT2D eigenvalue weighted by Gasteiger charge is 2.19. The Hall–Kier alpha value is -2.96. The van der Waals surface area contributed by atoms with E-state index in [2.05, 4.69) is 10.3 Å². The molecule has 22 heavy (non-hydrogen) atoms. The van der Waals surface area contributed by atoms with Gasteiger partial charge in [-0.3, -0.25) is 4.79 Å². The summed E-state index contributed by atoms with van der Waals surface area (Å²) in [6.45, 7) is 0. The maximum atomic E-state index is 13.9. The smallest absolute Gasteiger partial charge is 0.172 e. The quantitative estimate of drug-likeness (QED) is 0.698. The predicted octanol–water partition coefficient (Wildman–Crippen LogP) is 3.16. The largest absolute Gasteiger partial charge is 0.296 e. The fourth-order valence-electron chi connectivity index (χ4n) is 2.08. The summed E-state index contributed by atoms with van der Waals surface area (Å²) in [4.78, 5) is 11.1. The lowest BCUT2D eigenvalue weighted by Gasteiger charge is -2.08. The van der Waals surface area contributed by atoms with E-state index in [1.165, 1.54) is 24.3 Å². The molecular weight excluding hydrogens is 295 g/mol. The van der Waals surface area contributed by atoms with Gasteiger partial charge in [0.05, 0.1) is 0 Å². The van der Waals surface area contributed by atoms with Crippen molar-refractivity contribution >= 4 is 6.29 Å². The Balaban J connectivity index is 2.26. The van der Waals surface area contributed by atoms with E-state index in [1.807, 2.05) is 0 Å². The summed E-state index contributed by atoms with van der Waals surface area (Å²) in [6, 6.07) is 8.80. The van der Waals surface area contributed by atoms with Crippen LogP contribution in [0, 0.1) is 17.5 Å². The summed E-state index contributed by atoms with van der Waals surface area (Å²) < 4.78 is 41.5. The first-order valence-electron chi connectivity index (χ1n) is 6.23. The number of hydrogen-bond acceptors (Lipinski definition) is 3. The monoisotopic (exact) mass is 303 g/mol. The van der Waals surface area contributed by atoms with Crippen molar-refractivity contribution in [1.82, 2.24) is 15.0 Å². The topological polar surface area (TPSA) is 47.8 Å². The zero-order valence-corrected chi connectivity index (χ0v) is 11.0. The molecule has 0 N–H and O–H groups in total. The molecule has 4 nitrogen and oxygen atoms in total. The molecule has 3 rings (SSSR count). The third kappa shape index (κ3) is 2.26. The Bertz CT molecular complexity index is 861. The van der Waals surface area contributed by atoms with Gasteiger partial charge in [-0.2, -0.15) is 0 Å². The van der Waals surface area contributed by atoms with Gasteiger partial charge in [0, 0.05) is 5.56 Å². The highest BCUT2D eigenvalue weighted by atomic mass is 19.2. The van der Waals surface area contributed by atoms with Crippen molar-refractivity contribution < 1.29 is 18.0 Å². The molecule has 0 atom stereocenters. The third-order valence-corrected chi connectivity index (χ3v) is 3.08. The highest BCUT2D eigenvalue weighted by Crippen LogP contribution is 2.26. The van der Waals surface area contributed by atoms with Gasteiger partial charge < -0.3 is 0 Å². The van der Waals surface area contributed by atoms with Gasteiger partial charge in [-0.25, -0.2) is 17.9 Å². The molecule has 110 valence electrons. The minimum Gasteiger partial charge on any atom is -0.296 e. The Kier molecular flexibility index (Phi) is 3.46. The Labute approximate surface area is 122 Å². The minimum absolute atomic E-state index is 0.0443. The minimum atomic E-state index is -1.09. The van der Waals surface area contributed by atoms with Crippen molar-refractivity contribution in [2.24, 2.45) is 0 Å². The molecule has 7 heteroatoms. The molecule has 0 bridgehead atoms. The van der Waals surface area contributed by atoms with Gasteiger partial charge in [-0.1, -0.05) is 17.3 Å². The fourth-order valence-corrected chi connectivity index (χ4v) is 2.08. The maximum Gasteiger partial charge on any atom is 0.172 e. The molecule has 0 saturated carbocycles. The van der Waals surface area contributed by atoms with E-state index >= 15 is 0 Å². The van der Waals surface area contributed by atoms with Gasteiger partial charge in [-0.15, -0.1) is 5.10 Å². The molecule has 1 aromatic heterocycles. The predicted molar refractivity (Wildman–Crippen MR) is 72.1 cm³/mol. The first-order chi connectivity index (χ1) is 10.6. The van der Waals surface area contributed by atoms with Gasteiger partial charge in [0.15, 0.2) is 23.6 Å². The molecule has 0 amide bonds. The molecule has 2 aromatic carbocycles. The van der Waals surface area contributed by atoms with Crippen LogP contribution in [-0.4, -0.2) is 21.3 Å². The van der Waals surface area contributed by atoms with E-state index in [9.17, 15) is 18.0 Å². The van der Waals surface area contributed by atoms with Crippen LogP contribution in [0.25, 0.3) is 16.9 Å². The molecule has 0 aliphatic carbocycles. The zero-order valence-electron chi connectivity index (χ0n) is 11.0. The van der Waals surface area contributed by atoms with Gasteiger partial charge >= 0.3 is 0 Å². The summed E-state index contributed by atoms with van der Waals surface area (Å²) >= 11 is 0. The van der Waals surface area contributed by atoms with Gasteiger partial charge in [-0.05, 0) is 30.3 Å². The number of nitrogens with zero attached hydrogens (tertiary/aromatic N) is 3. The molecule has 0 aliphatic heterocycles. The molecule has 0 spiro atoms. The van der Waals surface area contributed by atoms with Crippen LogP contribution in [0.5, 0.6) is 0 Å². The van der Waals surface area contributed by atoms with Crippen molar-refractivity contribution in [1.29, 1.82) is 0 Å². The summed E-state index contributed by atoms with van der Waals surface area (Å²) in [5.74, 6) is -2.70. The Morgan fingerprint density at radius 1 is 0.955 bits per heavy atom. The lowest BCUT2D eigenvalue weighted by molar-refractivity contribution is 0.111. The second-order valence-corrected chi connectivity index (χ2v) is 4.43. The molecule has 0 saturated heterocycles. The summed E-state index contributed by atoms with van der Waals surface area (Å²) in [5, 5.41) is 7.37. The molecule has 0 aliphatic rings. The third-order valence-electron chi connectivity index (χ3n) is 3.08. The van der Waals surface area contributed by atoms with E-state index < -0.39 is 17.5 Å². The lowest BCUT2D eigenvalue weighted by Crippen LogP contribution is -2.03. The van der Waals surface area contributed by atoms with Crippen molar-refractivity contribution in [2.45, 2.75) is 0 Å². The van der Waals surface area contributed by atoms with Crippen molar-refractivity contribution in [3.63, 3.8) is 0 Å². The van der Waals surface area contributed by atoms with Gasteiger partial charge in [0.1, 0.15) is 17.2 Å². The fraction of sp³-hybridized carbons (Fsp3) is 0. The van der Waals surface area contributed by atoms with Crippen molar-refractivity contribution in [2.75, 3.05) is 0 Å². The normalized spacial score (nSPS) is 10.7. The number of carbonyl (C=O) groups is 1. The molecule has 1 heterocycles. The van der Waals surface area contributed by atoms with Gasteiger partial charge in [0.2, 0.25) is 0 Å². The number of hydrogen-bond donors (Lipinski definition) is 0. The van der Waals surface area contributed by atoms with E-state index in [1.54, 1.807) is 6.07 Å². The number of aldehydes is 1. The van der Waals surface area contributed by atoms with Crippen LogP contribution in [0.4, 0.5) is 13.2 Å². The van der Waals surface area contributed by atoms with E-state index in [-0.39, 0.29) is 22.6 Å². The molecule has 3 aromatic rings. The number of halogens is 3. The summed E-state index contributed by atoms with van der Waals surface area (Å²) in [5.41, 5.74) is 0.186. The molecule has 0 radical (unpaired) electrons. The number of para-hydroxylation sites is 1. The maximum absolute atomic E-state index is 13.9. The van der Waals surface area contributed by atoms with Crippen LogP contribution in [0.15, 0.2) is 42.5 Å². The Morgan fingerprint density at radius 2 is 1.73 bits per heavy atom. The standard InChI is InChI=1S/C15H8F3N3O/c16-10-6-5-9(7-12(10)18)15-13(8-22)19-20-21(15)14-4-2-1-3-11(14)17/h1-8H. The number of rotatable bonds is 3. The second kappa shape index (κ2) is 5.44. The first kappa shape index (κ1) is 14.0. The van der Waals surface area contributed by atoms with Crippen LogP contribution < -0.4 is 0 Å². The summed E-state index contributed by atoms with van der Waals surface area (Å²) in [7, 11) is 0. The second-order valence-electron chi connectivity index (χ2n) is 4.43. The average molecular weight is 303 g/mol. The van der Waals surface area contributed by atoms with Crippen LogP contribution in [0.3, 0.4) is 0 Å². The van der Waals surface area contributed by atoms with Crippen molar-refractivity contribution in [3.8, 4) is 16.9 Å². The average Bonchev–Trinajstić information content (AvgIpc) is 2.94. The SMILES string of the molecule is O=Cc1nnn(-c2ccccc2F)c1-c1ccc(F)c(F)c1. The first-order valence-corrected chi connectivity index (χ1v) is 6.23. The lowest BCUT2D eigenvalue weighted by atomic mass is 10.1. The van der Waals surface area contributed by atoms with Crippen LogP contribution in [-0.2, 0) is 0 Å². The van der Waals surface area contributed by atoms with Crippen molar-refractivity contribution in [3.05, 3.63) is 65.6 Å². The van der Waals surface area contributed by atoms with Crippen LogP contribution in [0.2, 0.25) is 0 Å². The number of aromatic nitrogens is 3. The number of benzene rings is 2. The van der Waals surface area contributed by atoms with E-state index in [0.29, 0.717) is 6.29 Å². The number of carbonyl (C=O) groups excluding carboxylic acids is 1. The summed E-state index contributed by atoms with van der Waals surface area (Å²) in [6.07, 6.45) is 0.418. The van der Waals surface area contributed by atoms with E-state index in [0.717, 1.165) is 16.8 Å².